The van der Waals surface area contributed by atoms with E-state index in [9.17, 15) is 9.59 Å². The minimum absolute atomic E-state index is 0.198. The lowest BCUT2D eigenvalue weighted by atomic mass is 9.91. The molecule has 0 saturated carbocycles. The van der Waals surface area contributed by atoms with Crippen molar-refractivity contribution in [3.8, 4) is 5.75 Å². The lowest BCUT2D eigenvalue weighted by Crippen LogP contribution is -2.49. The maximum atomic E-state index is 13.2. The second-order valence-corrected chi connectivity index (χ2v) is 8.44. The minimum atomic E-state index is -1.15. The molecule has 28 heavy (non-hydrogen) atoms. The van der Waals surface area contributed by atoms with Gasteiger partial charge in [0.05, 0.1) is 17.1 Å². The molecular formula is C21H19Cl2NO4. The number of rotatable bonds is 3. The first-order valence-electron chi connectivity index (χ1n) is 8.98. The van der Waals surface area contributed by atoms with E-state index in [0.29, 0.717) is 40.9 Å². The van der Waals surface area contributed by atoms with E-state index in [2.05, 4.69) is 0 Å². The van der Waals surface area contributed by atoms with Gasteiger partial charge >= 0.3 is 5.97 Å². The van der Waals surface area contributed by atoms with Crippen LogP contribution in [0.25, 0.3) is 0 Å². The van der Waals surface area contributed by atoms with Gasteiger partial charge < -0.3 is 14.4 Å². The molecule has 2 aromatic carbocycles. The molecule has 0 aromatic heterocycles. The van der Waals surface area contributed by atoms with Crippen LogP contribution >= 0.6 is 23.2 Å². The average Bonchev–Trinajstić information content (AvgIpc) is 3.19. The number of carbonyl (C=O) groups is 2. The Bertz CT molecular complexity index is 975. The molecule has 7 heteroatoms. The molecule has 146 valence electrons. The molecule has 1 saturated heterocycles. The van der Waals surface area contributed by atoms with Crippen LogP contribution in [0.2, 0.25) is 10.0 Å². The molecule has 0 N–H and O–H groups in total. The molecule has 1 fully saturated rings. The summed E-state index contributed by atoms with van der Waals surface area (Å²) in [7, 11) is 0. The van der Waals surface area contributed by atoms with Gasteiger partial charge in [0.15, 0.2) is 11.2 Å². The fourth-order valence-corrected chi connectivity index (χ4v) is 4.31. The van der Waals surface area contributed by atoms with Crippen molar-refractivity contribution in [2.75, 3.05) is 13.1 Å². The Labute approximate surface area is 173 Å². The predicted octanol–water partition coefficient (Wildman–Crippen LogP) is 4.45. The number of hydrogen-bond donors (Lipinski definition) is 0. The molecule has 2 aromatic rings. The van der Waals surface area contributed by atoms with Crippen LogP contribution in [0, 0.1) is 0 Å². The van der Waals surface area contributed by atoms with Crippen LogP contribution in [0.15, 0.2) is 42.5 Å². The number of esters is 1. The molecule has 0 bridgehead atoms. The van der Waals surface area contributed by atoms with Crippen molar-refractivity contribution in [1.29, 1.82) is 0 Å². The van der Waals surface area contributed by atoms with Gasteiger partial charge in [-0.1, -0.05) is 41.4 Å². The van der Waals surface area contributed by atoms with Gasteiger partial charge in [-0.25, -0.2) is 4.79 Å². The number of likely N-dealkylation sites (tertiary alicyclic amines) is 1. The van der Waals surface area contributed by atoms with Crippen LogP contribution in [0.5, 0.6) is 5.75 Å². The lowest BCUT2D eigenvalue weighted by Gasteiger charge is -2.31. The van der Waals surface area contributed by atoms with Gasteiger partial charge in [-0.3, -0.25) is 4.79 Å². The second-order valence-electron chi connectivity index (χ2n) is 7.59. The molecule has 0 unspecified atom stereocenters. The summed E-state index contributed by atoms with van der Waals surface area (Å²) in [5.74, 6) is -0.153. The van der Waals surface area contributed by atoms with Crippen molar-refractivity contribution in [2.45, 2.75) is 31.5 Å². The molecule has 0 aliphatic carbocycles. The van der Waals surface area contributed by atoms with Gasteiger partial charge in [0.1, 0.15) is 5.75 Å². The van der Waals surface area contributed by atoms with Crippen molar-refractivity contribution in [2.24, 2.45) is 0 Å². The van der Waals surface area contributed by atoms with E-state index >= 15 is 0 Å². The fraction of sp³-hybridized carbons (Fsp3) is 0.333. The lowest BCUT2D eigenvalue weighted by molar-refractivity contribution is -0.145. The average molecular weight is 420 g/mol. The molecule has 5 nitrogen and oxygen atoms in total. The maximum Gasteiger partial charge on any atom is 0.339 e. The number of amides is 1. The normalized spacial score (nSPS) is 21.0. The molecule has 1 atom stereocenters. The molecule has 4 rings (SSSR count). The van der Waals surface area contributed by atoms with Crippen LogP contribution < -0.4 is 4.74 Å². The number of halogens is 2. The highest BCUT2D eigenvalue weighted by molar-refractivity contribution is 6.35. The summed E-state index contributed by atoms with van der Waals surface area (Å²) in [6, 6.07) is 12.2. The Morgan fingerprint density at radius 1 is 1.21 bits per heavy atom. The number of carbonyl (C=O) groups excluding carboxylic acids is 2. The standard InChI is InChI=1S/C21H19Cl2NO4/c1-20(2,27-17-8-7-13(22)11-16(17)23)19(26)24-10-9-21(12-24)15-6-4-3-5-14(15)18(25)28-21/h3-8,11H,9-10,12H2,1-2H3/t21-/m0/s1. The van der Waals surface area contributed by atoms with Crippen LogP contribution in [0.1, 0.15) is 36.2 Å². The summed E-state index contributed by atoms with van der Waals surface area (Å²) in [6.45, 7) is 4.16. The van der Waals surface area contributed by atoms with Crippen molar-refractivity contribution >= 4 is 35.1 Å². The summed E-state index contributed by atoms with van der Waals surface area (Å²) in [5, 5.41) is 0.828. The van der Waals surface area contributed by atoms with Gasteiger partial charge in [-0.15, -0.1) is 0 Å². The monoisotopic (exact) mass is 419 g/mol. The number of hydrogen-bond acceptors (Lipinski definition) is 4. The van der Waals surface area contributed by atoms with E-state index in [1.54, 1.807) is 43.0 Å². The van der Waals surface area contributed by atoms with Crippen molar-refractivity contribution < 1.29 is 19.1 Å². The molecule has 2 heterocycles. The molecular weight excluding hydrogens is 401 g/mol. The SMILES string of the molecule is CC(C)(Oc1ccc(Cl)cc1Cl)C(=O)N1CC[C@@]2(C1)OC(=O)c1ccccc12. The third kappa shape index (κ3) is 3.12. The Morgan fingerprint density at radius 3 is 2.71 bits per heavy atom. The van der Waals surface area contributed by atoms with Gasteiger partial charge in [0, 0.05) is 23.6 Å². The van der Waals surface area contributed by atoms with Gasteiger partial charge in [0.2, 0.25) is 0 Å². The van der Waals surface area contributed by atoms with E-state index in [0.717, 1.165) is 5.56 Å². The first-order valence-corrected chi connectivity index (χ1v) is 9.74. The van der Waals surface area contributed by atoms with Crippen molar-refractivity contribution in [3.63, 3.8) is 0 Å². The number of fused-ring (bicyclic) bond motifs is 2. The van der Waals surface area contributed by atoms with Crippen LogP contribution in [0.4, 0.5) is 0 Å². The van der Waals surface area contributed by atoms with Crippen LogP contribution in [-0.4, -0.2) is 35.5 Å². The number of benzene rings is 2. The summed E-state index contributed by atoms with van der Waals surface area (Å²) >= 11 is 12.1. The topological polar surface area (TPSA) is 55.8 Å². The van der Waals surface area contributed by atoms with E-state index < -0.39 is 11.2 Å². The molecule has 2 aliphatic rings. The highest BCUT2D eigenvalue weighted by Crippen LogP contribution is 2.44. The van der Waals surface area contributed by atoms with E-state index in [4.69, 9.17) is 32.7 Å². The van der Waals surface area contributed by atoms with Crippen LogP contribution in [0.3, 0.4) is 0 Å². The highest BCUT2D eigenvalue weighted by atomic mass is 35.5. The zero-order chi connectivity index (χ0) is 20.1. The summed E-state index contributed by atoms with van der Waals surface area (Å²) in [5.41, 5.74) is -0.516. The van der Waals surface area contributed by atoms with Crippen LogP contribution in [-0.2, 0) is 15.1 Å². The fourth-order valence-electron chi connectivity index (χ4n) is 3.86. The Morgan fingerprint density at radius 2 is 1.96 bits per heavy atom. The van der Waals surface area contributed by atoms with Gasteiger partial charge in [-0.2, -0.15) is 0 Å². The zero-order valence-electron chi connectivity index (χ0n) is 15.5. The predicted molar refractivity (Wildman–Crippen MR) is 106 cm³/mol. The summed E-state index contributed by atoms with van der Waals surface area (Å²) in [6.07, 6.45) is 0.555. The molecule has 1 spiro atoms. The number of ether oxygens (including phenoxy) is 2. The number of nitrogens with zero attached hydrogens (tertiary/aromatic N) is 1. The summed E-state index contributed by atoms with van der Waals surface area (Å²) < 4.78 is 11.6. The largest absolute Gasteiger partial charge is 0.476 e. The Kier molecular flexibility index (Phi) is 4.55. The third-order valence-electron chi connectivity index (χ3n) is 5.22. The highest BCUT2D eigenvalue weighted by Gasteiger charge is 2.52. The smallest absolute Gasteiger partial charge is 0.339 e. The maximum absolute atomic E-state index is 13.2. The molecule has 0 radical (unpaired) electrons. The third-order valence-corrected chi connectivity index (χ3v) is 5.75. The van der Waals surface area contributed by atoms with Crippen molar-refractivity contribution in [1.82, 2.24) is 4.90 Å². The molecule has 1 amide bonds. The zero-order valence-corrected chi connectivity index (χ0v) is 17.0. The minimum Gasteiger partial charge on any atom is -0.476 e. The first kappa shape index (κ1) is 19.1. The quantitative estimate of drug-likeness (QED) is 0.689. The van der Waals surface area contributed by atoms with Gasteiger partial charge in [-0.05, 0) is 38.1 Å². The van der Waals surface area contributed by atoms with Crippen molar-refractivity contribution in [3.05, 3.63) is 63.6 Å². The molecule has 2 aliphatic heterocycles. The first-order chi connectivity index (χ1) is 13.2. The van der Waals surface area contributed by atoms with E-state index in [-0.39, 0.29) is 11.9 Å². The second kappa shape index (κ2) is 6.68. The van der Waals surface area contributed by atoms with Gasteiger partial charge in [0.25, 0.3) is 5.91 Å². The van der Waals surface area contributed by atoms with E-state index in [1.807, 2.05) is 18.2 Å². The Hall–Kier alpha value is -2.24. The Balaban J connectivity index is 1.54. The van der Waals surface area contributed by atoms with E-state index in [1.165, 1.54) is 0 Å². The summed E-state index contributed by atoms with van der Waals surface area (Å²) in [4.78, 5) is 27.1.